The van der Waals surface area contributed by atoms with E-state index in [-0.39, 0.29) is 38.2 Å². The Balaban J connectivity index is 2.09. The van der Waals surface area contributed by atoms with Crippen LogP contribution in [0.2, 0.25) is 0 Å². The smallest absolute Gasteiger partial charge is 0.230 e. The molecular formula is C38H55N2O11P. The van der Waals surface area contributed by atoms with Crippen LogP contribution >= 0.6 is 7.14 Å². The van der Waals surface area contributed by atoms with E-state index in [1.165, 1.54) is 0 Å². The predicted molar refractivity (Wildman–Crippen MR) is 198 cm³/mol. The van der Waals surface area contributed by atoms with Crippen LogP contribution in [0.25, 0.3) is 0 Å². The van der Waals surface area contributed by atoms with Gasteiger partial charge in [-0.15, -0.1) is 0 Å². The molecule has 14 heteroatoms. The minimum Gasteiger partial charge on any atom is -0.394 e. The fourth-order valence-electron chi connectivity index (χ4n) is 6.29. The first-order valence-corrected chi connectivity index (χ1v) is 19.0. The predicted octanol–water partition coefficient (Wildman–Crippen LogP) is -0.389. The number of aliphatic hydroxyl groups is 9. The number of aliphatic hydroxyl groups excluding tert-OH is 9. The number of carbonyl (C=O) groups is 1. The van der Waals surface area contributed by atoms with E-state index in [2.05, 4.69) is 0 Å². The normalized spacial score (nSPS) is 17.0. The van der Waals surface area contributed by atoms with Crippen LogP contribution in [-0.4, -0.2) is 144 Å². The summed E-state index contributed by atoms with van der Waals surface area (Å²) in [6.45, 7) is 4.39. The molecule has 0 saturated carbocycles. The maximum absolute atomic E-state index is 15.2. The molecule has 0 aliphatic heterocycles. The van der Waals surface area contributed by atoms with Crippen LogP contribution in [0.5, 0.6) is 0 Å². The number of hydrogen-bond acceptors (Lipinski definition) is 13. The molecule has 0 fully saturated rings. The van der Waals surface area contributed by atoms with Crippen molar-refractivity contribution >= 4 is 23.3 Å². The van der Waals surface area contributed by atoms with Crippen LogP contribution < -0.4 is 10.6 Å². The van der Waals surface area contributed by atoms with Gasteiger partial charge in [0.25, 0.3) is 0 Å². The summed E-state index contributed by atoms with van der Waals surface area (Å²) in [5, 5.41) is 92.3. The molecule has 0 amide bonds. The van der Waals surface area contributed by atoms with Gasteiger partial charge < -0.3 is 50.5 Å². The summed E-state index contributed by atoms with van der Waals surface area (Å²) < 4.78 is 15.2. The molecule has 0 radical (unpaired) electrons. The molecule has 0 saturated heterocycles. The lowest BCUT2D eigenvalue weighted by Crippen LogP contribution is -2.49. The van der Waals surface area contributed by atoms with Gasteiger partial charge in [-0.05, 0) is 62.7 Å². The molecule has 0 aliphatic rings. The number of carbonyl (C=O) groups excluding carboxylic acids is 1. The first-order valence-electron chi connectivity index (χ1n) is 17.3. The van der Waals surface area contributed by atoms with Crippen molar-refractivity contribution in [3.05, 3.63) is 94.5 Å². The molecule has 9 N–H and O–H groups in total. The number of hydrogen-bond donors (Lipinski definition) is 9. The summed E-state index contributed by atoms with van der Waals surface area (Å²) in [7, 11) is -0.618. The van der Waals surface area contributed by atoms with Crippen LogP contribution in [0, 0.1) is 13.8 Å². The van der Waals surface area contributed by atoms with Crippen molar-refractivity contribution in [1.29, 1.82) is 0 Å². The SMILES string of the molecule is CCC(O)C(O)C(O)C(O)CN(C)Cc1c(C)c(CN(C)CC(O)C(O)C(O)C(O)CO)cc(C(=O)P(=O)(c2ccccc2)c2ccccc2)c1C. The first-order chi connectivity index (χ1) is 24.5. The molecule has 0 heterocycles. The van der Waals surface area contributed by atoms with Crippen molar-refractivity contribution in [1.82, 2.24) is 9.80 Å². The molecular weight excluding hydrogens is 691 g/mol. The maximum atomic E-state index is 15.2. The Kier molecular flexibility index (Phi) is 16.3. The lowest BCUT2D eigenvalue weighted by molar-refractivity contribution is -0.118. The molecule has 3 rings (SSSR count). The van der Waals surface area contributed by atoms with Crippen molar-refractivity contribution in [2.75, 3.05) is 33.8 Å². The van der Waals surface area contributed by atoms with E-state index in [0.717, 1.165) is 5.56 Å². The van der Waals surface area contributed by atoms with E-state index >= 15 is 4.57 Å². The highest BCUT2D eigenvalue weighted by Crippen LogP contribution is 2.48. The fourth-order valence-corrected chi connectivity index (χ4v) is 8.81. The summed E-state index contributed by atoms with van der Waals surface area (Å²) in [6, 6.07) is 18.7. The van der Waals surface area contributed by atoms with Gasteiger partial charge in [0, 0.05) is 42.4 Å². The Morgan fingerprint density at radius 3 is 1.52 bits per heavy atom. The van der Waals surface area contributed by atoms with Gasteiger partial charge in [-0.2, -0.15) is 0 Å². The molecule has 0 spiro atoms. The minimum absolute atomic E-state index is 0.112. The molecule has 0 aliphatic carbocycles. The van der Waals surface area contributed by atoms with Crippen LogP contribution in [0.15, 0.2) is 66.7 Å². The van der Waals surface area contributed by atoms with E-state index in [9.17, 15) is 45.6 Å². The van der Waals surface area contributed by atoms with E-state index < -0.39 is 68.1 Å². The van der Waals surface area contributed by atoms with Crippen LogP contribution in [0.1, 0.15) is 46.0 Å². The standard InChI is InChI=1S/C38H55N2O11P/c1-6-30(42)34(46)35(47)32(44)21-40(5)19-29-23(2)25(18-39(4)20-31(43)36(48)37(49)33(45)22-41)17-28(24(29)3)38(50)52(51,26-13-9-7-10-14-26)27-15-11-8-12-16-27/h7-17,30-37,41-49H,6,18-22H2,1-5H3. The third-order valence-electron chi connectivity index (χ3n) is 9.61. The van der Waals surface area contributed by atoms with Gasteiger partial charge in [-0.3, -0.25) is 14.6 Å². The highest BCUT2D eigenvalue weighted by molar-refractivity contribution is 7.93. The Hall–Kier alpha value is -2.88. The Morgan fingerprint density at radius 1 is 0.654 bits per heavy atom. The van der Waals surface area contributed by atoms with Crippen molar-refractivity contribution in [2.24, 2.45) is 0 Å². The second-order valence-electron chi connectivity index (χ2n) is 13.6. The maximum Gasteiger partial charge on any atom is 0.230 e. The Morgan fingerprint density at radius 2 is 1.08 bits per heavy atom. The summed E-state index contributed by atoms with van der Waals surface area (Å²) in [6.07, 6.45) is -12.4. The molecule has 8 unspecified atom stereocenters. The minimum atomic E-state index is -3.94. The number of nitrogens with zero attached hydrogens (tertiary/aromatic N) is 2. The van der Waals surface area contributed by atoms with Crippen molar-refractivity contribution in [3.8, 4) is 0 Å². The quantitative estimate of drug-likeness (QED) is 0.0674. The van der Waals surface area contributed by atoms with Gasteiger partial charge in [-0.25, -0.2) is 0 Å². The van der Waals surface area contributed by atoms with Crippen molar-refractivity contribution < 1.29 is 55.3 Å². The van der Waals surface area contributed by atoms with Crippen LogP contribution in [0.3, 0.4) is 0 Å². The topological polar surface area (TPSA) is 223 Å². The van der Waals surface area contributed by atoms with Gasteiger partial charge in [-0.1, -0.05) is 67.6 Å². The molecule has 288 valence electrons. The Labute approximate surface area is 305 Å². The zero-order valence-corrected chi connectivity index (χ0v) is 31.3. The van der Waals surface area contributed by atoms with Gasteiger partial charge >= 0.3 is 0 Å². The molecule has 0 bridgehead atoms. The van der Waals surface area contributed by atoms with E-state index in [0.29, 0.717) is 27.3 Å². The monoisotopic (exact) mass is 746 g/mol. The lowest BCUT2D eigenvalue weighted by atomic mass is 9.92. The van der Waals surface area contributed by atoms with Gasteiger partial charge in [0.2, 0.25) is 12.7 Å². The summed E-state index contributed by atoms with van der Waals surface area (Å²) in [5.41, 5.74) is 2.16. The largest absolute Gasteiger partial charge is 0.394 e. The van der Waals surface area contributed by atoms with Gasteiger partial charge in [0.05, 0.1) is 24.9 Å². The zero-order chi connectivity index (χ0) is 38.9. The van der Waals surface area contributed by atoms with Gasteiger partial charge in [0.15, 0.2) is 0 Å². The lowest BCUT2D eigenvalue weighted by Gasteiger charge is -2.31. The second-order valence-corrected chi connectivity index (χ2v) is 16.3. The van der Waals surface area contributed by atoms with E-state index in [1.54, 1.807) is 104 Å². The van der Waals surface area contributed by atoms with Crippen LogP contribution in [0.4, 0.5) is 0 Å². The molecule has 3 aromatic carbocycles. The molecule has 8 atom stereocenters. The third-order valence-corrected chi connectivity index (χ3v) is 12.5. The Bertz CT molecular complexity index is 1590. The second kappa shape index (κ2) is 19.4. The number of rotatable bonds is 20. The van der Waals surface area contributed by atoms with Gasteiger partial charge in [0.1, 0.15) is 30.5 Å². The molecule has 13 nitrogen and oxygen atoms in total. The third kappa shape index (κ3) is 10.2. The highest BCUT2D eigenvalue weighted by atomic mass is 31.2. The van der Waals surface area contributed by atoms with E-state index in [4.69, 9.17) is 5.11 Å². The molecule has 0 aromatic heterocycles. The number of benzene rings is 3. The van der Waals surface area contributed by atoms with Crippen molar-refractivity contribution in [2.45, 2.75) is 89.1 Å². The zero-order valence-electron chi connectivity index (χ0n) is 30.4. The molecule has 3 aromatic rings. The van der Waals surface area contributed by atoms with Crippen LogP contribution in [-0.2, 0) is 17.7 Å². The highest BCUT2D eigenvalue weighted by Gasteiger charge is 2.38. The van der Waals surface area contributed by atoms with E-state index in [1.807, 2.05) is 6.92 Å². The van der Waals surface area contributed by atoms with Crippen molar-refractivity contribution in [3.63, 3.8) is 0 Å². The summed E-state index contributed by atoms with van der Waals surface area (Å²) in [5.74, 6) is 0. The molecule has 52 heavy (non-hydrogen) atoms. The first kappa shape index (κ1) is 43.5. The summed E-state index contributed by atoms with van der Waals surface area (Å²) in [4.78, 5) is 18.1. The number of likely N-dealkylation sites (N-methyl/N-ethyl adjacent to an activating group) is 2. The fraction of sp³-hybridized carbons (Fsp3) is 0.500. The average Bonchev–Trinajstić information content (AvgIpc) is 3.15. The average molecular weight is 747 g/mol. The summed E-state index contributed by atoms with van der Waals surface area (Å²) >= 11 is 0.